The Balaban J connectivity index is 1.35. The van der Waals surface area contributed by atoms with Gasteiger partial charge in [0.1, 0.15) is 5.75 Å². The van der Waals surface area contributed by atoms with Gasteiger partial charge in [0.25, 0.3) is 0 Å². The Labute approximate surface area is 252 Å². The van der Waals surface area contributed by atoms with Gasteiger partial charge in [0, 0.05) is 48.9 Å². The minimum Gasteiger partial charge on any atom is -0.494 e. The van der Waals surface area contributed by atoms with Crippen molar-refractivity contribution in [2.45, 2.75) is 45.3 Å². The first-order valence-corrected chi connectivity index (χ1v) is 14.8. The van der Waals surface area contributed by atoms with Crippen LogP contribution in [-0.4, -0.2) is 76.5 Å². The molecule has 0 aliphatic carbocycles. The van der Waals surface area contributed by atoms with Crippen LogP contribution in [0.3, 0.4) is 0 Å². The lowest BCUT2D eigenvalue weighted by Crippen LogP contribution is -2.47. The van der Waals surface area contributed by atoms with Crippen molar-refractivity contribution in [2.75, 3.05) is 49.3 Å². The highest BCUT2D eigenvalue weighted by molar-refractivity contribution is 6.02. The summed E-state index contributed by atoms with van der Waals surface area (Å²) >= 11 is 0. The number of H-pyrrole nitrogens is 1. The zero-order valence-corrected chi connectivity index (χ0v) is 25.0. The lowest BCUT2D eigenvalue weighted by Gasteiger charge is -2.37. The molecule has 1 unspecified atom stereocenters. The highest BCUT2D eigenvalue weighted by Crippen LogP contribution is 2.37. The van der Waals surface area contributed by atoms with Crippen LogP contribution >= 0.6 is 0 Å². The van der Waals surface area contributed by atoms with Crippen LogP contribution < -0.4 is 20.7 Å². The van der Waals surface area contributed by atoms with Crippen LogP contribution in [0.25, 0.3) is 22.2 Å². The van der Waals surface area contributed by atoms with E-state index < -0.39 is 0 Å². The van der Waals surface area contributed by atoms with Crippen molar-refractivity contribution in [3.8, 4) is 17.0 Å². The van der Waals surface area contributed by atoms with Crippen LogP contribution in [0, 0.1) is 0 Å². The standard InChI is InChI=1S/C32H40N8O3/c1-5-7-24(40-14-15-43-21(3)20-40)10-12-33-27-18-30(42-4)29(17-28(27)36-31(41)6-2)38-32-34-13-11-25(37-32)22-8-9-26-23(16-22)19-35-39-26/h6,8-9,11,13,16-19,21,24,33H,2,5,7,10,12,14-15,20H2,1,3-4H3,(H,35,39)(H,36,41)(H,34,37,38)/t21-,24?/m1/s1. The fraction of sp³-hybridized carbons (Fsp3) is 0.375. The Bertz CT molecular complexity index is 1550. The van der Waals surface area contributed by atoms with Crippen molar-refractivity contribution in [3.63, 3.8) is 0 Å². The number of nitrogens with zero attached hydrogens (tertiary/aromatic N) is 4. The molecule has 11 heteroatoms. The Morgan fingerprint density at radius 1 is 1.23 bits per heavy atom. The van der Waals surface area contributed by atoms with Gasteiger partial charge in [0.15, 0.2) is 0 Å². The molecule has 1 fully saturated rings. The van der Waals surface area contributed by atoms with E-state index in [2.05, 4.69) is 56.5 Å². The molecular weight excluding hydrogens is 544 g/mol. The fourth-order valence-electron chi connectivity index (χ4n) is 5.48. The Kier molecular flexibility index (Phi) is 9.85. The minimum absolute atomic E-state index is 0.246. The smallest absolute Gasteiger partial charge is 0.247 e. The van der Waals surface area contributed by atoms with Gasteiger partial charge < -0.3 is 25.4 Å². The predicted octanol–water partition coefficient (Wildman–Crippen LogP) is 5.59. The van der Waals surface area contributed by atoms with Gasteiger partial charge in [0.2, 0.25) is 11.9 Å². The number of carbonyl (C=O) groups is 1. The van der Waals surface area contributed by atoms with E-state index >= 15 is 0 Å². The van der Waals surface area contributed by atoms with Gasteiger partial charge in [-0.25, -0.2) is 9.97 Å². The van der Waals surface area contributed by atoms with Crippen molar-refractivity contribution >= 4 is 39.8 Å². The van der Waals surface area contributed by atoms with Gasteiger partial charge in [-0.1, -0.05) is 26.0 Å². The van der Waals surface area contributed by atoms with Crippen molar-refractivity contribution in [1.82, 2.24) is 25.1 Å². The van der Waals surface area contributed by atoms with E-state index in [4.69, 9.17) is 14.5 Å². The molecule has 11 nitrogen and oxygen atoms in total. The quantitative estimate of drug-likeness (QED) is 0.149. The summed E-state index contributed by atoms with van der Waals surface area (Å²) in [6.45, 7) is 11.4. The molecule has 2 atom stereocenters. The molecule has 4 aromatic rings. The normalized spacial score (nSPS) is 16.0. The maximum absolute atomic E-state index is 12.4. The topological polar surface area (TPSA) is 129 Å². The monoisotopic (exact) mass is 584 g/mol. The molecule has 0 saturated carbocycles. The number of fused-ring (bicyclic) bond motifs is 1. The van der Waals surface area contributed by atoms with E-state index in [9.17, 15) is 4.79 Å². The lowest BCUT2D eigenvalue weighted by atomic mass is 10.0. The van der Waals surface area contributed by atoms with Crippen molar-refractivity contribution < 1.29 is 14.3 Å². The number of methoxy groups -OCH3 is 1. The molecule has 0 radical (unpaired) electrons. The van der Waals surface area contributed by atoms with Gasteiger partial charge in [-0.3, -0.25) is 14.8 Å². The molecule has 1 amide bonds. The first-order chi connectivity index (χ1) is 21.0. The number of ether oxygens (including phenoxy) is 2. The molecule has 4 N–H and O–H groups in total. The molecule has 0 bridgehead atoms. The van der Waals surface area contributed by atoms with Gasteiger partial charge in [0.05, 0.1) is 54.3 Å². The summed E-state index contributed by atoms with van der Waals surface area (Å²) in [7, 11) is 1.61. The number of hydrogen-bond donors (Lipinski definition) is 4. The number of nitrogens with one attached hydrogen (secondary N) is 4. The van der Waals surface area contributed by atoms with Crippen molar-refractivity contribution in [1.29, 1.82) is 0 Å². The van der Waals surface area contributed by atoms with Crippen LogP contribution in [0.1, 0.15) is 33.1 Å². The predicted molar refractivity (Wildman–Crippen MR) is 171 cm³/mol. The molecule has 43 heavy (non-hydrogen) atoms. The van der Waals surface area contributed by atoms with Crippen LogP contribution in [0.5, 0.6) is 5.75 Å². The third-order valence-corrected chi connectivity index (χ3v) is 7.62. The Hall–Kier alpha value is -4.48. The number of carbonyl (C=O) groups excluding carboxylic acids is 1. The molecule has 1 aliphatic heterocycles. The van der Waals surface area contributed by atoms with E-state index in [1.807, 2.05) is 36.4 Å². The third kappa shape index (κ3) is 7.49. The van der Waals surface area contributed by atoms with E-state index in [0.29, 0.717) is 29.1 Å². The second-order valence-corrected chi connectivity index (χ2v) is 10.7. The Morgan fingerprint density at radius 2 is 2.12 bits per heavy atom. The molecule has 0 spiro atoms. The maximum atomic E-state index is 12.4. The summed E-state index contributed by atoms with van der Waals surface area (Å²) in [6.07, 6.45) is 8.18. The Morgan fingerprint density at radius 3 is 2.91 bits per heavy atom. The average molecular weight is 585 g/mol. The maximum Gasteiger partial charge on any atom is 0.247 e. The summed E-state index contributed by atoms with van der Waals surface area (Å²) in [5, 5.41) is 17.8. The van der Waals surface area contributed by atoms with Gasteiger partial charge in [-0.2, -0.15) is 5.10 Å². The third-order valence-electron chi connectivity index (χ3n) is 7.62. The number of morpholine rings is 1. The number of amides is 1. The zero-order chi connectivity index (χ0) is 30.2. The number of aromatic amines is 1. The summed E-state index contributed by atoms with van der Waals surface area (Å²) in [4.78, 5) is 24.1. The van der Waals surface area contributed by atoms with E-state index in [1.54, 1.807) is 19.5 Å². The zero-order valence-electron chi connectivity index (χ0n) is 25.0. The SMILES string of the molecule is C=CC(=O)Nc1cc(Nc2nccc(-c3ccc4[nH]ncc4c3)n2)c(OC)cc1NCCC(CCC)N1CCO[C@H](C)C1. The number of rotatable bonds is 13. The van der Waals surface area contributed by atoms with Gasteiger partial charge >= 0.3 is 0 Å². The molecule has 2 aromatic heterocycles. The van der Waals surface area contributed by atoms with E-state index in [0.717, 1.165) is 73.4 Å². The molecule has 1 aliphatic rings. The van der Waals surface area contributed by atoms with Crippen molar-refractivity contribution in [3.05, 3.63) is 61.4 Å². The highest BCUT2D eigenvalue weighted by Gasteiger charge is 2.24. The second kappa shape index (κ2) is 14.1. The lowest BCUT2D eigenvalue weighted by molar-refractivity contribution is -0.111. The molecule has 5 rings (SSSR count). The number of hydrogen-bond acceptors (Lipinski definition) is 9. The summed E-state index contributed by atoms with van der Waals surface area (Å²) < 4.78 is 11.5. The first kappa shape index (κ1) is 30.0. The molecule has 3 heterocycles. The largest absolute Gasteiger partial charge is 0.494 e. The van der Waals surface area contributed by atoms with Crippen LogP contribution in [0.15, 0.2) is 61.4 Å². The molecular formula is C32H40N8O3. The van der Waals surface area contributed by atoms with Gasteiger partial charge in [-0.05, 0) is 50.1 Å². The summed E-state index contributed by atoms with van der Waals surface area (Å²) in [6, 6.07) is 12.0. The summed E-state index contributed by atoms with van der Waals surface area (Å²) in [5.41, 5.74) is 4.63. The van der Waals surface area contributed by atoms with E-state index in [-0.39, 0.29) is 12.0 Å². The number of benzene rings is 2. The van der Waals surface area contributed by atoms with Crippen LogP contribution in [0.2, 0.25) is 0 Å². The van der Waals surface area contributed by atoms with Crippen LogP contribution in [-0.2, 0) is 9.53 Å². The fourth-order valence-corrected chi connectivity index (χ4v) is 5.48. The molecule has 226 valence electrons. The second-order valence-electron chi connectivity index (χ2n) is 10.7. The minimum atomic E-state index is -0.307. The molecule has 1 saturated heterocycles. The highest BCUT2D eigenvalue weighted by atomic mass is 16.5. The average Bonchev–Trinajstić information content (AvgIpc) is 3.50. The van der Waals surface area contributed by atoms with E-state index in [1.165, 1.54) is 6.08 Å². The van der Waals surface area contributed by atoms with Crippen molar-refractivity contribution in [2.24, 2.45) is 0 Å². The number of aromatic nitrogens is 4. The van der Waals surface area contributed by atoms with Gasteiger partial charge in [-0.15, -0.1) is 0 Å². The number of anilines is 4. The summed E-state index contributed by atoms with van der Waals surface area (Å²) in [5.74, 6) is 0.671. The first-order valence-electron chi connectivity index (χ1n) is 14.8. The molecule has 2 aromatic carbocycles. The van der Waals surface area contributed by atoms with Crippen LogP contribution in [0.4, 0.5) is 23.0 Å².